The second-order valence-corrected chi connectivity index (χ2v) is 9.08. The van der Waals surface area contributed by atoms with Crippen LogP contribution in [0.15, 0.2) is 54.6 Å². The second kappa shape index (κ2) is 8.25. The van der Waals surface area contributed by atoms with Crippen molar-refractivity contribution in [3.8, 4) is 0 Å². The molecule has 2 fully saturated rings. The molecule has 4 nitrogen and oxygen atoms in total. The summed E-state index contributed by atoms with van der Waals surface area (Å²) in [5.74, 6) is 0.674. The Morgan fingerprint density at radius 2 is 1.60 bits per heavy atom. The van der Waals surface area contributed by atoms with Crippen LogP contribution >= 0.6 is 0 Å². The van der Waals surface area contributed by atoms with Crippen LogP contribution in [0, 0.1) is 11.8 Å². The molecule has 1 saturated heterocycles. The van der Waals surface area contributed by atoms with E-state index in [1.165, 1.54) is 16.7 Å². The zero-order chi connectivity index (χ0) is 20.5. The van der Waals surface area contributed by atoms with Gasteiger partial charge >= 0.3 is 0 Å². The molecule has 0 aromatic heterocycles. The lowest BCUT2D eigenvalue weighted by Crippen LogP contribution is -2.49. The van der Waals surface area contributed by atoms with Crippen molar-refractivity contribution in [3.05, 3.63) is 71.3 Å². The van der Waals surface area contributed by atoms with Crippen LogP contribution in [-0.2, 0) is 22.4 Å². The van der Waals surface area contributed by atoms with Crippen molar-refractivity contribution in [2.45, 2.75) is 44.6 Å². The molecule has 0 N–H and O–H groups in total. The molecule has 156 valence electrons. The van der Waals surface area contributed by atoms with Gasteiger partial charge in [0.25, 0.3) is 0 Å². The van der Waals surface area contributed by atoms with Crippen molar-refractivity contribution in [2.75, 3.05) is 19.6 Å². The van der Waals surface area contributed by atoms with Gasteiger partial charge < -0.3 is 9.80 Å². The maximum absolute atomic E-state index is 13.7. The van der Waals surface area contributed by atoms with Gasteiger partial charge in [0.1, 0.15) is 0 Å². The molecule has 2 atom stereocenters. The molecule has 30 heavy (non-hydrogen) atoms. The minimum absolute atomic E-state index is 0.0648. The standard InChI is InChI=1S/C26H30N2O2/c29-25(21-12-13-21)27-15-6-10-22(18-27)26(30)28-16-14-20-9-4-5-11-23(20)24(28)17-19-7-2-1-3-8-19/h1-5,7-9,11,21-22,24H,6,10,12-18H2/t22-,24-/m0/s1. The first-order chi connectivity index (χ1) is 14.7. The quantitative estimate of drug-likeness (QED) is 0.775. The van der Waals surface area contributed by atoms with Crippen molar-refractivity contribution in [1.82, 2.24) is 9.80 Å². The van der Waals surface area contributed by atoms with E-state index in [-0.39, 0.29) is 29.7 Å². The van der Waals surface area contributed by atoms with E-state index in [9.17, 15) is 9.59 Å². The number of rotatable bonds is 4. The predicted octanol–water partition coefficient (Wildman–Crippen LogP) is 4.00. The first-order valence-corrected chi connectivity index (χ1v) is 11.4. The van der Waals surface area contributed by atoms with Crippen LogP contribution in [0.4, 0.5) is 0 Å². The van der Waals surface area contributed by atoms with Crippen LogP contribution in [0.5, 0.6) is 0 Å². The fraction of sp³-hybridized carbons (Fsp3) is 0.462. The largest absolute Gasteiger partial charge is 0.342 e. The van der Waals surface area contributed by atoms with E-state index in [0.29, 0.717) is 6.54 Å². The lowest BCUT2D eigenvalue weighted by atomic mass is 9.86. The highest BCUT2D eigenvalue weighted by Crippen LogP contribution is 2.36. The van der Waals surface area contributed by atoms with E-state index in [1.807, 2.05) is 11.0 Å². The third kappa shape index (κ3) is 3.88. The van der Waals surface area contributed by atoms with Crippen molar-refractivity contribution < 1.29 is 9.59 Å². The molecule has 1 saturated carbocycles. The summed E-state index contributed by atoms with van der Waals surface area (Å²) in [6, 6.07) is 19.1. The van der Waals surface area contributed by atoms with Crippen molar-refractivity contribution in [2.24, 2.45) is 11.8 Å². The Labute approximate surface area is 178 Å². The van der Waals surface area contributed by atoms with Gasteiger partial charge in [-0.2, -0.15) is 0 Å². The smallest absolute Gasteiger partial charge is 0.228 e. The summed E-state index contributed by atoms with van der Waals surface area (Å²) in [5.41, 5.74) is 3.89. The van der Waals surface area contributed by atoms with Gasteiger partial charge in [0.15, 0.2) is 0 Å². The summed E-state index contributed by atoms with van der Waals surface area (Å²) in [6.45, 7) is 2.18. The summed E-state index contributed by atoms with van der Waals surface area (Å²) in [7, 11) is 0. The molecule has 3 aliphatic rings. The highest BCUT2D eigenvalue weighted by Gasteiger charge is 2.39. The average molecular weight is 403 g/mol. The van der Waals surface area contributed by atoms with E-state index in [0.717, 1.165) is 51.6 Å². The number of fused-ring (bicyclic) bond motifs is 1. The number of amides is 2. The average Bonchev–Trinajstić information content (AvgIpc) is 3.65. The van der Waals surface area contributed by atoms with Gasteiger partial charge in [-0.15, -0.1) is 0 Å². The molecule has 2 aromatic rings. The van der Waals surface area contributed by atoms with Gasteiger partial charge in [-0.25, -0.2) is 0 Å². The lowest BCUT2D eigenvalue weighted by molar-refractivity contribution is -0.143. The van der Waals surface area contributed by atoms with Crippen LogP contribution in [0.1, 0.15) is 48.4 Å². The molecule has 2 amide bonds. The molecule has 0 bridgehead atoms. The highest BCUT2D eigenvalue weighted by atomic mass is 16.2. The summed E-state index contributed by atoms with van der Waals surface area (Å²) >= 11 is 0. The van der Waals surface area contributed by atoms with Crippen LogP contribution in [-0.4, -0.2) is 41.2 Å². The molecule has 2 heterocycles. The van der Waals surface area contributed by atoms with E-state index < -0.39 is 0 Å². The Morgan fingerprint density at radius 1 is 0.833 bits per heavy atom. The first kappa shape index (κ1) is 19.3. The Bertz CT molecular complexity index is 922. The number of likely N-dealkylation sites (tertiary alicyclic amines) is 1. The van der Waals surface area contributed by atoms with Crippen molar-refractivity contribution in [3.63, 3.8) is 0 Å². The minimum atomic E-state index is -0.0648. The molecule has 4 heteroatoms. The van der Waals surface area contributed by atoms with Gasteiger partial charge in [0, 0.05) is 25.6 Å². The number of hydrogen-bond donors (Lipinski definition) is 0. The zero-order valence-electron chi connectivity index (χ0n) is 17.5. The Balaban J connectivity index is 1.38. The fourth-order valence-corrected chi connectivity index (χ4v) is 5.17. The number of benzene rings is 2. The maximum Gasteiger partial charge on any atom is 0.228 e. The Morgan fingerprint density at radius 3 is 2.40 bits per heavy atom. The number of hydrogen-bond acceptors (Lipinski definition) is 2. The second-order valence-electron chi connectivity index (χ2n) is 9.08. The molecular formula is C26H30N2O2. The molecular weight excluding hydrogens is 372 g/mol. The van der Waals surface area contributed by atoms with Crippen LogP contribution in [0.25, 0.3) is 0 Å². The monoisotopic (exact) mass is 402 g/mol. The zero-order valence-corrected chi connectivity index (χ0v) is 17.5. The molecule has 1 aliphatic carbocycles. The van der Waals surface area contributed by atoms with Crippen LogP contribution < -0.4 is 0 Å². The Kier molecular flexibility index (Phi) is 5.32. The summed E-state index contributed by atoms with van der Waals surface area (Å²) in [6.07, 6.45) is 5.61. The number of nitrogens with zero attached hydrogens (tertiary/aromatic N) is 2. The Hall–Kier alpha value is -2.62. The third-order valence-corrected chi connectivity index (χ3v) is 6.98. The molecule has 0 spiro atoms. The van der Waals surface area contributed by atoms with Crippen molar-refractivity contribution in [1.29, 1.82) is 0 Å². The summed E-state index contributed by atoms with van der Waals surface area (Å²) in [5, 5.41) is 0. The van der Waals surface area contributed by atoms with Crippen molar-refractivity contribution >= 4 is 11.8 Å². The minimum Gasteiger partial charge on any atom is -0.342 e. The van der Waals surface area contributed by atoms with Gasteiger partial charge in [-0.1, -0.05) is 54.6 Å². The summed E-state index contributed by atoms with van der Waals surface area (Å²) in [4.78, 5) is 30.4. The molecule has 2 aromatic carbocycles. The van der Waals surface area contributed by atoms with Crippen LogP contribution in [0.2, 0.25) is 0 Å². The van der Waals surface area contributed by atoms with E-state index >= 15 is 0 Å². The lowest BCUT2D eigenvalue weighted by Gasteiger charge is -2.41. The highest BCUT2D eigenvalue weighted by molar-refractivity contribution is 5.84. The van der Waals surface area contributed by atoms with E-state index in [1.54, 1.807) is 0 Å². The topological polar surface area (TPSA) is 40.6 Å². The van der Waals surface area contributed by atoms with Gasteiger partial charge in [-0.05, 0) is 55.2 Å². The van der Waals surface area contributed by atoms with Gasteiger partial charge in [0.05, 0.1) is 12.0 Å². The maximum atomic E-state index is 13.7. The number of carbonyl (C=O) groups is 2. The molecule has 0 unspecified atom stereocenters. The molecule has 2 aliphatic heterocycles. The fourth-order valence-electron chi connectivity index (χ4n) is 5.17. The first-order valence-electron chi connectivity index (χ1n) is 11.4. The van der Waals surface area contributed by atoms with E-state index in [2.05, 4.69) is 53.4 Å². The van der Waals surface area contributed by atoms with Gasteiger partial charge in [-0.3, -0.25) is 9.59 Å². The molecule has 0 radical (unpaired) electrons. The van der Waals surface area contributed by atoms with Crippen LogP contribution in [0.3, 0.4) is 0 Å². The number of piperidine rings is 1. The normalized spacial score (nSPS) is 23.7. The number of carbonyl (C=O) groups excluding carboxylic acids is 2. The SMILES string of the molecule is O=C(C1CC1)N1CCC[C@H](C(=O)N2CCc3ccccc3[C@@H]2Cc2ccccc2)C1. The predicted molar refractivity (Wildman–Crippen MR) is 117 cm³/mol. The third-order valence-electron chi connectivity index (χ3n) is 6.98. The van der Waals surface area contributed by atoms with E-state index in [4.69, 9.17) is 0 Å². The van der Waals surface area contributed by atoms with Gasteiger partial charge in [0.2, 0.25) is 11.8 Å². The summed E-state index contributed by atoms with van der Waals surface area (Å²) < 4.78 is 0. The molecule has 5 rings (SSSR count).